The fraction of sp³-hybridized carbons (Fsp3) is 0.368. The number of amides is 2. The average molecular weight is 402 g/mol. The van der Waals surface area contributed by atoms with E-state index in [-0.39, 0.29) is 12.1 Å². The molecule has 29 heavy (non-hydrogen) atoms. The predicted octanol–water partition coefficient (Wildman–Crippen LogP) is 3.70. The van der Waals surface area contributed by atoms with E-state index in [9.17, 15) is 13.6 Å². The van der Waals surface area contributed by atoms with Gasteiger partial charge in [-0.1, -0.05) is 10.4 Å². The predicted molar refractivity (Wildman–Crippen MR) is 100 cm³/mol. The van der Waals surface area contributed by atoms with Gasteiger partial charge in [-0.15, -0.1) is 5.10 Å². The first kappa shape index (κ1) is 19.0. The number of aromatic nitrogens is 4. The zero-order chi connectivity index (χ0) is 20.5. The van der Waals surface area contributed by atoms with Gasteiger partial charge >= 0.3 is 6.03 Å². The van der Waals surface area contributed by atoms with Crippen LogP contribution in [0, 0.1) is 25.5 Å². The molecule has 1 aliphatic rings. The Morgan fingerprint density at radius 1 is 1.17 bits per heavy atom. The molecule has 0 radical (unpaired) electrons. The van der Waals surface area contributed by atoms with Crippen LogP contribution in [0.25, 0.3) is 11.3 Å². The Labute approximate surface area is 165 Å². The Bertz CT molecular complexity index is 1000. The number of hydrogen-bond donors (Lipinski definition) is 1. The molecule has 2 amide bonds. The Kier molecular flexibility index (Phi) is 4.99. The van der Waals surface area contributed by atoms with Crippen LogP contribution >= 0.6 is 0 Å². The highest BCUT2D eigenvalue weighted by Crippen LogP contribution is 2.26. The second kappa shape index (κ2) is 7.61. The lowest BCUT2D eigenvalue weighted by molar-refractivity contribution is 0.179. The van der Waals surface area contributed by atoms with Crippen molar-refractivity contribution in [3.05, 3.63) is 47.5 Å². The quantitative estimate of drug-likeness (QED) is 0.722. The molecule has 0 atom stereocenters. The van der Waals surface area contributed by atoms with Gasteiger partial charge in [0.05, 0.1) is 12.2 Å². The molecule has 3 aromatic rings. The minimum atomic E-state index is -0.660. The van der Waals surface area contributed by atoms with Crippen LogP contribution in [-0.2, 0) is 0 Å². The molecule has 3 heterocycles. The van der Waals surface area contributed by atoms with Crippen molar-refractivity contribution < 1.29 is 18.1 Å². The number of hydrogen-bond acceptors (Lipinski definition) is 5. The number of urea groups is 1. The van der Waals surface area contributed by atoms with Crippen molar-refractivity contribution in [3.8, 4) is 11.3 Å². The van der Waals surface area contributed by atoms with E-state index < -0.39 is 11.6 Å². The van der Waals surface area contributed by atoms with Crippen molar-refractivity contribution in [3.63, 3.8) is 0 Å². The molecule has 8 nitrogen and oxygen atoms in total. The van der Waals surface area contributed by atoms with Crippen molar-refractivity contribution in [1.29, 1.82) is 0 Å². The van der Waals surface area contributed by atoms with Crippen molar-refractivity contribution in [1.82, 2.24) is 25.1 Å². The zero-order valence-electron chi connectivity index (χ0n) is 16.0. The smallest absolute Gasteiger partial charge is 0.321 e. The highest BCUT2D eigenvalue weighted by Gasteiger charge is 2.26. The second-order valence-electron chi connectivity index (χ2n) is 7.09. The molecule has 0 saturated carbocycles. The summed E-state index contributed by atoms with van der Waals surface area (Å²) in [5.41, 5.74) is 1.97. The van der Waals surface area contributed by atoms with Gasteiger partial charge in [-0.25, -0.2) is 18.3 Å². The van der Waals surface area contributed by atoms with E-state index in [4.69, 9.17) is 4.52 Å². The van der Waals surface area contributed by atoms with Gasteiger partial charge in [0.1, 0.15) is 28.7 Å². The van der Waals surface area contributed by atoms with E-state index in [1.807, 2.05) is 0 Å². The molecule has 4 rings (SSSR count). The van der Waals surface area contributed by atoms with Gasteiger partial charge in [-0.3, -0.25) is 0 Å². The molecular weight excluding hydrogens is 382 g/mol. The van der Waals surface area contributed by atoms with E-state index >= 15 is 0 Å². The van der Waals surface area contributed by atoms with Crippen LogP contribution < -0.4 is 5.32 Å². The first-order valence-corrected chi connectivity index (χ1v) is 9.28. The number of carbonyl (C=O) groups excluding carboxylic acids is 1. The number of nitrogens with zero attached hydrogens (tertiary/aromatic N) is 5. The number of likely N-dealkylation sites (tertiary alicyclic amines) is 1. The molecule has 10 heteroatoms. The fourth-order valence-corrected chi connectivity index (χ4v) is 3.47. The van der Waals surface area contributed by atoms with Crippen LogP contribution in [0.3, 0.4) is 0 Å². The Morgan fingerprint density at radius 2 is 1.86 bits per heavy atom. The summed E-state index contributed by atoms with van der Waals surface area (Å²) in [5.74, 6) is -0.756. The molecule has 0 unspecified atom stereocenters. The van der Waals surface area contributed by atoms with E-state index in [2.05, 4.69) is 20.8 Å². The summed E-state index contributed by atoms with van der Waals surface area (Å²) in [6, 6.07) is 3.11. The summed E-state index contributed by atoms with van der Waals surface area (Å²) in [5, 5.41) is 14.8. The summed E-state index contributed by atoms with van der Waals surface area (Å²) in [4.78, 5) is 14.2. The molecule has 0 aliphatic carbocycles. The van der Waals surface area contributed by atoms with Gasteiger partial charge < -0.3 is 14.7 Å². The molecule has 1 aliphatic heterocycles. The second-order valence-corrected chi connectivity index (χ2v) is 7.09. The first-order valence-electron chi connectivity index (χ1n) is 9.28. The van der Waals surface area contributed by atoms with Gasteiger partial charge in [0, 0.05) is 24.7 Å². The number of nitrogens with one attached hydrogen (secondary N) is 1. The third-order valence-corrected chi connectivity index (χ3v) is 5.06. The highest BCUT2D eigenvalue weighted by atomic mass is 19.1. The molecule has 1 N–H and O–H groups in total. The van der Waals surface area contributed by atoms with Crippen LogP contribution in [-0.4, -0.2) is 44.2 Å². The summed E-state index contributed by atoms with van der Waals surface area (Å²) < 4.78 is 33.6. The van der Waals surface area contributed by atoms with E-state index in [0.717, 1.165) is 6.07 Å². The van der Waals surface area contributed by atoms with E-state index in [1.54, 1.807) is 29.6 Å². The topological polar surface area (TPSA) is 89.1 Å². The number of carbonyl (C=O) groups is 1. The average Bonchev–Trinajstić information content (AvgIpc) is 3.30. The van der Waals surface area contributed by atoms with Crippen LogP contribution in [0.1, 0.15) is 30.3 Å². The Morgan fingerprint density at radius 3 is 2.48 bits per heavy atom. The lowest BCUT2D eigenvalue weighted by Gasteiger charge is -2.31. The number of rotatable bonds is 3. The van der Waals surface area contributed by atoms with Gasteiger partial charge in [0.2, 0.25) is 0 Å². The number of anilines is 1. The third kappa shape index (κ3) is 3.96. The summed E-state index contributed by atoms with van der Waals surface area (Å²) in [6.07, 6.45) is 3.06. The molecular formula is C19H20F2N6O2. The van der Waals surface area contributed by atoms with Gasteiger partial charge in [0.25, 0.3) is 0 Å². The van der Waals surface area contributed by atoms with Gasteiger partial charge in [-0.2, -0.15) is 0 Å². The Balaban J connectivity index is 1.39. The van der Waals surface area contributed by atoms with Crippen molar-refractivity contribution in [2.24, 2.45) is 0 Å². The standard InChI is InChI=1S/C19H20F2N6O2/c1-11-18(12(2)29-24-11)22-19(28)26-5-3-16(4-6-26)27-10-17(23-25-27)13-7-14(20)9-15(21)8-13/h7-10,16H,3-6H2,1-2H3,(H,22,28). The molecule has 2 aromatic heterocycles. The highest BCUT2D eigenvalue weighted by molar-refractivity contribution is 5.90. The minimum absolute atomic E-state index is 0.0535. The maximum Gasteiger partial charge on any atom is 0.321 e. The molecule has 1 aromatic carbocycles. The summed E-state index contributed by atoms with van der Waals surface area (Å²) in [7, 11) is 0. The SMILES string of the molecule is Cc1noc(C)c1NC(=O)N1CCC(n2cc(-c3cc(F)cc(F)c3)nn2)CC1. The number of halogens is 2. The van der Waals surface area contributed by atoms with E-state index in [0.29, 0.717) is 54.3 Å². The number of aryl methyl sites for hydroxylation is 2. The maximum absolute atomic E-state index is 13.4. The monoisotopic (exact) mass is 402 g/mol. The van der Waals surface area contributed by atoms with Crippen LogP contribution in [0.4, 0.5) is 19.3 Å². The molecule has 1 saturated heterocycles. The van der Waals surface area contributed by atoms with Crippen LogP contribution in [0.5, 0.6) is 0 Å². The van der Waals surface area contributed by atoms with Gasteiger partial charge in [0.15, 0.2) is 5.76 Å². The zero-order valence-corrected chi connectivity index (χ0v) is 16.0. The molecule has 0 bridgehead atoms. The molecule has 1 fully saturated rings. The molecule has 152 valence electrons. The number of piperidine rings is 1. The minimum Gasteiger partial charge on any atom is -0.359 e. The van der Waals surface area contributed by atoms with Crippen LogP contribution in [0.15, 0.2) is 28.9 Å². The first-order chi connectivity index (χ1) is 13.9. The normalized spacial score (nSPS) is 15.0. The third-order valence-electron chi connectivity index (χ3n) is 5.06. The van der Waals surface area contributed by atoms with Crippen LogP contribution in [0.2, 0.25) is 0 Å². The van der Waals surface area contributed by atoms with E-state index in [1.165, 1.54) is 12.1 Å². The fourth-order valence-electron chi connectivity index (χ4n) is 3.47. The summed E-state index contributed by atoms with van der Waals surface area (Å²) in [6.45, 7) is 4.60. The lowest BCUT2D eigenvalue weighted by atomic mass is 10.1. The van der Waals surface area contributed by atoms with Crippen molar-refractivity contribution in [2.45, 2.75) is 32.7 Å². The van der Waals surface area contributed by atoms with Gasteiger partial charge in [-0.05, 0) is 38.8 Å². The Hall–Kier alpha value is -3.30. The molecule has 0 spiro atoms. The lowest BCUT2D eigenvalue weighted by Crippen LogP contribution is -2.41. The number of benzene rings is 1. The maximum atomic E-state index is 13.4. The van der Waals surface area contributed by atoms with Crippen molar-refractivity contribution >= 4 is 11.7 Å². The van der Waals surface area contributed by atoms with Crippen molar-refractivity contribution in [2.75, 3.05) is 18.4 Å². The summed E-state index contributed by atoms with van der Waals surface area (Å²) >= 11 is 0. The largest absolute Gasteiger partial charge is 0.359 e.